The minimum absolute atomic E-state index is 0.551. The lowest BCUT2D eigenvalue weighted by Gasteiger charge is -2.14. The second-order valence-electron chi connectivity index (χ2n) is 15.2. The zero-order chi connectivity index (χ0) is 40.6. The van der Waals surface area contributed by atoms with Gasteiger partial charge in [-0.2, -0.15) is 9.97 Å². The molecule has 0 fully saturated rings. The van der Waals surface area contributed by atoms with Crippen LogP contribution in [0.5, 0.6) is 0 Å². The average molecular weight is 801 g/mol. The number of nitrogens with zero attached hydrogens (tertiary/aromatic N) is 4. The SMILES string of the molecule is CC.c1ccc2cc(-c3nc(-c4ccc5c(c4)oc4ccccc45)nc(-n4c5c(-c6cccc7c6sc6ccccc67)cccc5c5ccc6ccccc6c54)n3)ccc2c1. The summed E-state index contributed by atoms with van der Waals surface area (Å²) in [5.74, 6) is 1.72. The molecule has 0 aliphatic heterocycles. The van der Waals surface area contributed by atoms with E-state index in [1.807, 2.05) is 43.4 Å². The second kappa shape index (κ2) is 14.0. The molecule has 0 aliphatic carbocycles. The Balaban J connectivity index is 0.00000197. The van der Waals surface area contributed by atoms with Gasteiger partial charge in [0.05, 0.1) is 11.0 Å². The van der Waals surface area contributed by atoms with Crippen LogP contribution in [0.2, 0.25) is 0 Å². The molecule has 0 radical (unpaired) electrons. The Morgan fingerprint density at radius 1 is 0.410 bits per heavy atom. The van der Waals surface area contributed by atoms with E-state index in [2.05, 4.69) is 168 Å². The predicted octanol–water partition coefficient (Wildman–Crippen LogP) is 15.6. The third-order valence-electron chi connectivity index (χ3n) is 11.8. The summed E-state index contributed by atoms with van der Waals surface area (Å²) in [6.45, 7) is 4.00. The molecule has 0 saturated heterocycles. The summed E-state index contributed by atoms with van der Waals surface area (Å²) in [7, 11) is 0. The molecule has 0 bridgehead atoms. The van der Waals surface area contributed by atoms with Gasteiger partial charge in [-0.05, 0) is 46.5 Å². The van der Waals surface area contributed by atoms with Crippen molar-refractivity contribution in [3.05, 3.63) is 182 Å². The first kappa shape index (κ1) is 35.3. The van der Waals surface area contributed by atoms with Gasteiger partial charge in [0, 0.05) is 69.4 Å². The maximum absolute atomic E-state index is 6.39. The minimum atomic E-state index is 0.551. The van der Waals surface area contributed by atoms with Crippen molar-refractivity contribution in [3.8, 4) is 39.9 Å². The molecule has 9 aromatic carbocycles. The first-order valence-corrected chi connectivity index (χ1v) is 21.6. The number of hydrogen-bond donors (Lipinski definition) is 0. The third-order valence-corrected chi connectivity index (χ3v) is 13.1. The summed E-state index contributed by atoms with van der Waals surface area (Å²) in [5, 5.41) is 11.5. The van der Waals surface area contributed by atoms with Crippen LogP contribution in [-0.4, -0.2) is 19.5 Å². The number of aromatic nitrogens is 4. The molecule has 4 heterocycles. The van der Waals surface area contributed by atoms with Crippen molar-refractivity contribution in [1.29, 1.82) is 0 Å². The molecule has 0 aliphatic rings. The van der Waals surface area contributed by atoms with Crippen LogP contribution in [0.15, 0.2) is 186 Å². The Bertz CT molecular complexity index is 3870. The number of thiophene rings is 1. The van der Waals surface area contributed by atoms with Gasteiger partial charge in [0.1, 0.15) is 11.2 Å². The summed E-state index contributed by atoms with van der Waals surface area (Å²) in [6, 6.07) is 64.4. The highest BCUT2D eigenvalue weighted by Gasteiger charge is 2.24. The van der Waals surface area contributed by atoms with E-state index in [0.717, 1.165) is 82.0 Å². The van der Waals surface area contributed by atoms with Crippen LogP contribution in [-0.2, 0) is 0 Å². The van der Waals surface area contributed by atoms with Crippen molar-refractivity contribution >= 4 is 96.8 Å². The first-order chi connectivity index (χ1) is 30.2. The van der Waals surface area contributed by atoms with Gasteiger partial charge in [-0.3, -0.25) is 4.57 Å². The number of fused-ring (bicyclic) bond motifs is 12. The molecule has 5 nitrogen and oxygen atoms in total. The Labute approximate surface area is 354 Å². The standard InChI is InChI=1S/C53H30N4OS.C2H6/c1-2-13-33-29-34(24-23-31(33)11-1)51-54-52(35-26-27-38-37-15-5-7-21-45(37)58-46(38)30-35)56-53(55-51)57-48-36-14-4-3-12-32(36)25-28-42(48)40-17-9-18-41(49(40)57)44-20-10-19-43-39-16-6-8-22-47(39)59-50(43)44;1-2/h1-30H;1-2H3. The fraction of sp³-hybridized carbons (Fsp3) is 0.0364. The fourth-order valence-electron chi connectivity index (χ4n) is 9.12. The third kappa shape index (κ3) is 5.49. The minimum Gasteiger partial charge on any atom is -0.456 e. The molecular formula is C55H36N4OS. The number of para-hydroxylation sites is 2. The van der Waals surface area contributed by atoms with Crippen LogP contribution in [0.1, 0.15) is 13.8 Å². The van der Waals surface area contributed by atoms with E-state index in [4.69, 9.17) is 19.4 Å². The molecular weight excluding hydrogens is 765 g/mol. The van der Waals surface area contributed by atoms with Crippen molar-refractivity contribution in [3.63, 3.8) is 0 Å². The number of hydrogen-bond acceptors (Lipinski definition) is 5. The summed E-state index contributed by atoms with van der Waals surface area (Å²) in [5.41, 5.74) is 7.83. The van der Waals surface area contributed by atoms with Crippen LogP contribution in [0.25, 0.3) is 125 Å². The zero-order valence-electron chi connectivity index (χ0n) is 33.4. The molecule has 4 aromatic heterocycles. The number of benzene rings is 9. The van der Waals surface area contributed by atoms with Gasteiger partial charge in [-0.25, -0.2) is 4.98 Å². The molecule has 0 saturated carbocycles. The van der Waals surface area contributed by atoms with E-state index in [-0.39, 0.29) is 0 Å². The summed E-state index contributed by atoms with van der Waals surface area (Å²) >= 11 is 1.85. The maximum Gasteiger partial charge on any atom is 0.238 e. The molecule has 13 rings (SSSR count). The van der Waals surface area contributed by atoms with Gasteiger partial charge >= 0.3 is 0 Å². The Hall–Kier alpha value is -7.67. The normalized spacial score (nSPS) is 11.8. The largest absolute Gasteiger partial charge is 0.456 e. The van der Waals surface area contributed by atoms with Gasteiger partial charge in [0.25, 0.3) is 0 Å². The van der Waals surface area contributed by atoms with Gasteiger partial charge in [0.15, 0.2) is 11.6 Å². The molecule has 288 valence electrons. The second-order valence-corrected chi connectivity index (χ2v) is 16.2. The van der Waals surface area contributed by atoms with Gasteiger partial charge in [-0.1, -0.05) is 166 Å². The Morgan fingerprint density at radius 3 is 1.85 bits per heavy atom. The van der Waals surface area contributed by atoms with Crippen molar-refractivity contribution in [2.45, 2.75) is 13.8 Å². The lowest BCUT2D eigenvalue weighted by Crippen LogP contribution is -2.07. The highest BCUT2D eigenvalue weighted by atomic mass is 32.1. The molecule has 13 aromatic rings. The molecule has 0 spiro atoms. The molecule has 0 atom stereocenters. The summed E-state index contributed by atoms with van der Waals surface area (Å²) < 4.78 is 11.2. The lowest BCUT2D eigenvalue weighted by atomic mass is 9.99. The van der Waals surface area contributed by atoms with E-state index in [1.165, 1.54) is 25.7 Å². The van der Waals surface area contributed by atoms with Crippen molar-refractivity contribution in [2.75, 3.05) is 0 Å². The van der Waals surface area contributed by atoms with Crippen molar-refractivity contribution in [1.82, 2.24) is 19.5 Å². The number of rotatable bonds is 4. The van der Waals surface area contributed by atoms with Gasteiger partial charge in [-0.15, -0.1) is 11.3 Å². The molecule has 61 heavy (non-hydrogen) atoms. The molecule has 0 N–H and O–H groups in total. The highest BCUT2D eigenvalue weighted by Crippen LogP contribution is 2.45. The maximum atomic E-state index is 6.39. The van der Waals surface area contributed by atoms with Crippen LogP contribution in [0.3, 0.4) is 0 Å². The smallest absolute Gasteiger partial charge is 0.238 e. The number of furan rings is 1. The van der Waals surface area contributed by atoms with Crippen molar-refractivity contribution < 1.29 is 4.42 Å². The topological polar surface area (TPSA) is 56.7 Å². The summed E-state index contributed by atoms with van der Waals surface area (Å²) in [6.07, 6.45) is 0. The lowest BCUT2D eigenvalue weighted by molar-refractivity contribution is 0.669. The highest BCUT2D eigenvalue weighted by molar-refractivity contribution is 7.26. The fourth-order valence-corrected chi connectivity index (χ4v) is 10.4. The first-order valence-electron chi connectivity index (χ1n) is 20.8. The average Bonchev–Trinajstić information content (AvgIpc) is 4.01. The van der Waals surface area contributed by atoms with E-state index in [0.29, 0.717) is 17.6 Å². The molecule has 0 unspecified atom stereocenters. The zero-order valence-corrected chi connectivity index (χ0v) is 34.2. The Kier molecular flexibility index (Phi) is 8.08. The predicted molar refractivity (Wildman–Crippen MR) is 257 cm³/mol. The van der Waals surface area contributed by atoms with E-state index in [9.17, 15) is 0 Å². The van der Waals surface area contributed by atoms with Crippen LogP contribution in [0.4, 0.5) is 0 Å². The van der Waals surface area contributed by atoms with Gasteiger partial charge < -0.3 is 4.42 Å². The monoisotopic (exact) mass is 800 g/mol. The quantitative estimate of drug-likeness (QED) is 0.178. The molecule has 6 heteroatoms. The van der Waals surface area contributed by atoms with E-state index in [1.54, 1.807) is 0 Å². The van der Waals surface area contributed by atoms with Crippen molar-refractivity contribution in [2.24, 2.45) is 0 Å². The summed E-state index contributed by atoms with van der Waals surface area (Å²) in [4.78, 5) is 16.1. The van der Waals surface area contributed by atoms with Crippen LogP contribution in [0, 0.1) is 0 Å². The van der Waals surface area contributed by atoms with E-state index < -0.39 is 0 Å². The van der Waals surface area contributed by atoms with Gasteiger partial charge in [0.2, 0.25) is 5.95 Å². The van der Waals surface area contributed by atoms with E-state index >= 15 is 0 Å². The molecule has 0 amide bonds. The Morgan fingerprint density at radius 2 is 1.00 bits per heavy atom. The van der Waals surface area contributed by atoms with Crippen LogP contribution >= 0.6 is 11.3 Å². The van der Waals surface area contributed by atoms with Crippen LogP contribution < -0.4 is 0 Å².